The molecule has 102 valence electrons. The smallest absolute Gasteiger partial charge is 0.0967 e. The highest BCUT2D eigenvalue weighted by Crippen LogP contribution is 2.32. The van der Waals surface area contributed by atoms with E-state index in [1.165, 1.54) is 4.70 Å². The van der Waals surface area contributed by atoms with Crippen molar-refractivity contribution in [2.75, 3.05) is 6.61 Å². The van der Waals surface area contributed by atoms with E-state index in [0.29, 0.717) is 19.4 Å². The normalized spacial score (nSPS) is 27.8. The fourth-order valence-corrected chi connectivity index (χ4v) is 3.80. The van der Waals surface area contributed by atoms with E-state index in [2.05, 4.69) is 18.0 Å². The molecular formula is C15H19NO2S. The molecule has 0 saturated carbocycles. The van der Waals surface area contributed by atoms with Gasteiger partial charge in [-0.05, 0) is 18.6 Å². The van der Waals surface area contributed by atoms with Gasteiger partial charge in [-0.15, -0.1) is 11.3 Å². The summed E-state index contributed by atoms with van der Waals surface area (Å²) in [5.74, 6) is 0. The average molecular weight is 277 g/mol. The van der Waals surface area contributed by atoms with Crippen LogP contribution in [0, 0.1) is 0 Å². The van der Waals surface area contributed by atoms with Crippen molar-refractivity contribution in [2.45, 2.75) is 44.3 Å². The summed E-state index contributed by atoms with van der Waals surface area (Å²) in [7, 11) is 0. The second kappa shape index (κ2) is 5.19. The van der Waals surface area contributed by atoms with Crippen LogP contribution in [-0.2, 0) is 11.2 Å². The lowest BCUT2D eigenvalue weighted by molar-refractivity contribution is -0.103. The number of para-hydroxylation sites is 1. The second-order valence-corrected chi connectivity index (χ2v) is 6.45. The number of aliphatic hydroxyl groups is 1. The molecule has 1 aliphatic rings. The van der Waals surface area contributed by atoms with Crippen LogP contribution >= 0.6 is 11.3 Å². The maximum absolute atomic E-state index is 10.7. The highest BCUT2D eigenvalue weighted by atomic mass is 32.1. The minimum absolute atomic E-state index is 0.188. The first-order valence-electron chi connectivity index (χ1n) is 6.87. The molecule has 1 N–H and O–H groups in total. The molecule has 1 fully saturated rings. The van der Waals surface area contributed by atoms with E-state index in [4.69, 9.17) is 4.74 Å². The Morgan fingerprint density at radius 3 is 3.11 bits per heavy atom. The molecule has 1 saturated heterocycles. The van der Waals surface area contributed by atoms with Crippen molar-refractivity contribution in [1.82, 2.24) is 4.98 Å². The second-order valence-electron chi connectivity index (χ2n) is 5.33. The Bertz CT molecular complexity index is 535. The van der Waals surface area contributed by atoms with Crippen LogP contribution in [0.5, 0.6) is 0 Å². The largest absolute Gasteiger partial charge is 0.389 e. The molecule has 2 unspecified atom stereocenters. The molecule has 0 bridgehead atoms. The van der Waals surface area contributed by atoms with E-state index in [9.17, 15) is 5.11 Å². The van der Waals surface area contributed by atoms with Crippen LogP contribution in [0.3, 0.4) is 0 Å². The van der Waals surface area contributed by atoms with Crippen molar-refractivity contribution >= 4 is 21.6 Å². The number of nitrogens with zero attached hydrogens (tertiary/aromatic N) is 1. The molecule has 1 aromatic heterocycles. The van der Waals surface area contributed by atoms with Gasteiger partial charge in [-0.2, -0.15) is 0 Å². The first kappa shape index (κ1) is 13.0. The van der Waals surface area contributed by atoms with Crippen LogP contribution in [0.15, 0.2) is 24.3 Å². The predicted molar refractivity (Wildman–Crippen MR) is 77.5 cm³/mol. The van der Waals surface area contributed by atoms with E-state index in [0.717, 1.165) is 23.4 Å². The summed E-state index contributed by atoms with van der Waals surface area (Å²) in [6, 6.07) is 8.14. The Labute approximate surface area is 117 Å². The molecule has 2 aromatic rings. The van der Waals surface area contributed by atoms with Gasteiger partial charge in [0.15, 0.2) is 0 Å². The Morgan fingerprint density at radius 1 is 1.47 bits per heavy atom. The van der Waals surface area contributed by atoms with Gasteiger partial charge in [-0.25, -0.2) is 4.98 Å². The maximum atomic E-state index is 10.7. The topological polar surface area (TPSA) is 42.4 Å². The molecule has 19 heavy (non-hydrogen) atoms. The van der Waals surface area contributed by atoms with Crippen molar-refractivity contribution in [3.63, 3.8) is 0 Å². The van der Waals surface area contributed by atoms with Crippen LogP contribution in [0.2, 0.25) is 0 Å². The molecule has 4 heteroatoms. The zero-order chi connectivity index (χ0) is 13.3. The van der Waals surface area contributed by atoms with Gasteiger partial charge in [-0.3, -0.25) is 0 Å². The molecule has 3 rings (SSSR count). The zero-order valence-corrected chi connectivity index (χ0v) is 11.9. The van der Waals surface area contributed by atoms with Crippen molar-refractivity contribution < 1.29 is 9.84 Å². The highest BCUT2D eigenvalue weighted by Gasteiger charge is 2.35. The number of hydrogen-bond acceptors (Lipinski definition) is 4. The maximum Gasteiger partial charge on any atom is 0.0967 e. The lowest BCUT2D eigenvalue weighted by Gasteiger charge is -2.36. The van der Waals surface area contributed by atoms with Gasteiger partial charge >= 0.3 is 0 Å². The molecule has 0 spiro atoms. The average Bonchev–Trinajstić information content (AvgIpc) is 2.79. The molecule has 2 atom stereocenters. The van der Waals surface area contributed by atoms with E-state index < -0.39 is 5.60 Å². The minimum Gasteiger partial charge on any atom is -0.389 e. The van der Waals surface area contributed by atoms with Gasteiger partial charge in [0.05, 0.1) is 26.9 Å². The quantitative estimate of drug-likeness (QED) is 0.937. The molecular weight excluding hydrogens is 258 g/mol. The monoisotopic (exact) mass is 277 g/mol. The molecule has 0 amide bonds. The lowest BCUT2D eigenvalue weighted by Crippen LogP contribution is -2.42. The Balaban J connectivity index is 1.79. The molecule has 0 aliphatic carbocycles. The molecule has 3 nitrogen and oxygen atoms in total. The summed E-state index contributed by atoms with van der Waals surface area (Å²) < 4.78 is 6.84. The fraction of sp³-hybridized carbons (Fsp3) is 0.533. The number of hydrogen-bond donors (Lipinski definition) is 1. The van der Waals surface area contributed by atoms with Crippen molar-refractivity contribution in [3.05, 3.63) is 29.3 Å². The summed E-state index contributed by atoms with van der Waals surface area (Å²) in [5.41, 5.74) is 0.387. The SMILES string of the molecule is CCC1CC(O)(Cc2nc3ccccc3s2)CCO1. The van der Waals surface area contributed by atoms with Crippen LogP contribution in [0.1, 0.15) is 31.2 Å². The number of ether oxygens (including phenoxy) is 1. The molecule has 0 radical (unpaired) electrons. The first-order valence-corrected chi connectivity index (χ1v) is 7.69. The summed E-state index contributed by atoms with van der Waals surface area (Å²) in [5, 5.41) is 11.8. The summed E-state index contributed by atoms with van der Waals surface area (Å²) in [6.07, 6.45) is 3.22. The van der Waals surface area contributed by atoms with Gasteiger partial charge in [-0.1, -0.05) is 19.1 Å². The van der Waals surface area contributed by atoms with Crippen molar-refractivity contribution in [2.24, 2.45) is 0 Å². The third-order valence-corrected chi connectivity index (χ3v) is 4.84. The Hall–Kier alpha value is -0.970. The van der Waals surface area contributed by atoms with Gasteiger partial charge in [0.2, 0.25) is 0 Å². The molecule has 1 aromatic carbocycles. The predicted octanol–water partition coefficient (Wildman–Crippen LogP) is 3.16. The van der Waals surface area contributed by atoms with Crippen LogP contribution in [-0.4, -0.2) is 28.4 Å². The standard InChI is InChI=1S/C15H19NO2S/c1-2-11-9-15(17,7-8-18-11)10-14-16-12-5-3-4-6-13(12)19-14/h3-6,11,17H,2,7-10H2,1H3. The summed E-state index contributed by atoms with van der Waals surface area (Å²) in [6.45, 7) is 2.76. The van der Waals surface area contributed by atoms with Gasteiger partial charge in [0.1, 0.15) is 0 Å². The van der Waals surface area contributed by atoms with E-state index >= 15 is 0 Å². The molecule has 2 heterocycles. The van der Waals surface area contributed by atoms with Crippen molar-refractivity contribution in [3.8, 4) is 0 Å². The number of thiazole rings is 1. The van der Waals surface area contributed by atoms with Gasteiger partial charge in [0.25, 0.3) is 0 Å². The first-order chi connectivity index (χ1) is 9.18. The highest BCUT2D eigenvalue weighted by molar-refractivity contribution is 7.18. The lowest BCUT2D eigenvalue weighted by atomic mass is 9.87. The Kier molecular flexibility index (Phi) is 3.56. The summed E-state index contributed by atoms with van der Waals surface area (Å²) in [4.78, 5) is 4.62. The molecule has 1 aliphatic heterocycles. The minimum atomic E-state index is -0.646. The summed E-state index contributed by atoms with van der Waals surface area (Å²) >= 11 is 1.69. The number of fused-ring (bicyclic) bond motifs is 1. The van der Waals surface area contributed by atoms with Crippen molar-refractivity contribution in [1.29, 1.82) is 0 Å². The Morgan fingerprint density at radius 2 is 2.32 bits per heavy atom. The number of rotatable bonds is 3. The van der Waals surface area contributed by atoms with Crippen LogP contribution in [0.4, 0.5) is 0 Å². The fourth-order valence-electron chi connectivity index (χ4n) is 2.70. The van der Waals surface area contributed by atoms with Gasteiger partial charge in [0, 0.05) is 25.9 Å². The van der Waals surface area contributed by atoms with Crippen LogP contribution in [0.25, 0.3) is 10.2 Å². The zero-order valence-electron chi connectivity index (χ0n) is 11.1. The van der Waals surface area contributed by atoms with E-state index in [-0.39, 0.29) is 6.10 Å². The van der Waals surface area contributed by atoms with Crippen LogP contribution < -0.4 is 0 Å². The third kappa shape index (κ3) is 2.81. The van der Waals surface area contributed by atoms with E-state index in [1.807, 2.05) is 18.2 Å². The van der Waals surface area contributed by atoms with Gasteiger partial charge < -0.3 is 9.84 Å². The third-order valence-electron chi connectivity index (χ3n) is 3.80. The van der Waals surface area contributed by atoms with E-state index in [1.54, 1.807) is 11.3 Å². The number of aromatic nitrogens is 1. The number of benzene rings is 1.